The number of ether oxygens (including phenoxy) is 2. The molecule has 266 valence electrons. The van der Waals surface area contributed by atoms with Crippen LogP contribution in [0.25, 0.3) is 0 Å². The van der Waals surface area contributed by atoms with Crippen molar-refractivity contribution >= 4 is 13.8 Å². The molecule has 0 aromatic rings. The Balaban J connectivity index is 4.09. The fourth-order valence-corrected chi connectivity index (χ4v) is 5.14. The minimum Gasteiger partial charge on any atom is -0.457 e. The van der Waals surface area contributed by atoms with E-state index in [1.807, 2.05) is 0 Å². The third-order valence-electron chi connectivity index (χ3n) is 6.95. The van der Waals surface area contributed by atoms with Gasteiger partial charge in [0.1, 0.15) is 6.10 Å². The predicted octanol–water partition coefficient (Wildman–Crippen LogP) is 9.85. The van der Waals surface area contributed by atoms with Crippen molar-refractivity contribution in [3.05, 3.63) is 60.8 Å². The zero-order chi connectivity index (χ0) is 33.8. The second kappa shape index (κ2) is 34.5. The number of phosphoric ester groups is 1. The van der Waals surface area contributed by atoms with E-state index < -0.39 is 13.9 Å². The largest absolute Gasteiger partial charge is 0.472 e. The number of unbranched alkanes of at least 4 members (excludes halogenated alkanes) is 10. The molecule has 0 aliphatic carbocycles. The lowest BCUT2D eigenvalue weighted by molar-refractivity contribution is -0.154. The summed E-state index contributed by atoms with van der Waals surface area (Å²) in [5.41, 5.74) is 5.33. The summed E-state index contributed by atoms with van der Waals surface area (Å²) in [6.45, 7) is 4.67. The molecule has 0 saturated heterocycles. The van der Waals surface area contributed by atoms with Crippen molar-refractivity contribution in [2.75, 3.05) is 33.0 Å². The Hall–Kier alpha value is -1.80. The quantitative estimate of drug-likeness (QED) is 0.0307. The maximum absolute atomic E-state index is 12.4. The highest BCUT2D eigenvalue weighted by molar-refractivity contribution is 7.47. The molecule has 2 atom stereocenters. The van der Waals surface area contributed by atoms with Crippen LogP contribution in [0.15, 0.2) is 60.8 Å². The van der Waals surface area contributed by atoms with E-state index in [9.17, 15) is 14.3 Å². The van der Waals surface area contributed by atoms with Crippen molar-refractivity contribution in [3.63, 3.8) is 0 Å². The Bertz CT molecular complexity index is 885. The van der Waals surface area contributed by atoms with Crippen molar-refractivity contribution in [3.8, 4) is 0 Å². The first kappa shape index (κ1) is 44.2. The number of hydrogen-bond acceptors (Lipinski definition) is 7. The molecule has 0 aromatic carbocycles. The van der Waals surface area contributed by atoms with E-state index in [-0.39, 0.29) is 32.3 Å². The smallest absolute Gasteiger partial charge is 0.457 e. The normalized spacial score (nSPS) is 14.4. The minimum atomic E-state index is -4.27. The van der Waals surface area contributed by atoms with Gasteiger partial charge in [-0.1, -0.05) is 126 Å². The van der Waals surface area contributed by atoms with Gasteiger partial charge in [-0.25, -0.2) is 4.57 Å². The topological polar surface area (TPSA) is 117 Å². The summed E-state index contributed by atoms with van der Waals surface area (Å²) < 4.78 is 33.1. The van der Waals surface area contributed by atoms with Crippen LogP contribution in [0.2, 0.25) is 0 Å². The second-order valence-corrected chi connectivity index (χ2v) is 12.8. The molecule has 0 spiro atoms. The number of esters is 1. The van der Waals surface area contributed by atoms with Crippen LogP contribution in [0.3, 0.4) is 0 Å². The zero-order valence-corrected chi connectivity index (χ0v) is 29.9. The number of nitrogens with two attached hydrogens (primary N) is 1. The van der Waals surface area contributed by atoms with Gasteiger partial charge in [0, 0.05) is 19.6 Å². The van der Waals surface area contributed by atoms with Crippen molar-refractivity contribution in [2.24, 2.45) is 5.73 Å². The van der Waals surface area contributed by atoms with Crippen LogP contribution in [-0.2, 0) is 27.9 Å². The van der Waals surface area contributed by atoms with E-state index in [2.05, 4.69) is 74.6 Å². The van der Waals surface area contributed by atoms with Crippen molar-refractivity contribution in [1.82, 2.24) is 0 Å². The lowest BCUT2D eigenvalue weighted by Gasteiger charge is -2.20. The first-order valence-corrected chi connectivity index (χ1v) is 19.3. The van der Waals surface area contributed by atoms with E-state index in [1.54, 1.807) is 0 Å². The molecule has 3 N–H and O–H groups in total. The predicted molar refractivity (Wildman–Crippen MR) is 192 cm³/mol. The van der Waals surface area contributed by atoms with E-state index >= 15 is 0 Å². The van der Waals surface area contributed by atoms with Gasteiger partial charge in [0.2, 0.25) is 0 Å². The van der Waals surface area contributed by atoms with Crippen molar-refractivity contribution in [2.45, 2.75) is 136 Å². The summed E-state index contributed by atoms with van der Waals surface area (Å²) in [5, 5.41) is 0. The third-order valence-corrected chi connectivity index (χ3v) is 7.93. The molecule has 0 saturated carbocycles. The third kappa shape index (κ3) is 33.6. The summed E-state index contributed by atoms with van der Waals surface area (Å²) in [5.74, 6) is -0.351. The first-order chi connectivity index (χ1) is 22.4. The van der Waals surface area contributed by atoms with E-state index in [1.165, 1.54) is 25.7 Å². The van der Waals surface area contributed by atoms with Crippen LogP contribution in [0.5, 0.6) is 0 Å². The lowest BCUT2D eigenvalue weighted by Crippen LogP contribution is -2.28. The van der Waals surface area contributed by atoms with Crippen LogP contribution in [-0.4, -0.2) is 49.9 Å². The maximum atomic E-state index is 12.4. The summed E-state index contributed by atoms with van der Waals surface area (Å²) in [7, 11) is -4.27. The molecule has 8 nitrogen and oxygen atoms in total. The number of hydrogen-bond donors (Lipinski definition) is 2. The Morgan fingerprint density at radius 2 is 1.22 bits per heavy atom. The molecule has 0 rings (SSSR count). The zero-order valence-electron chi connectivity index (χ0n) is 29.0. The number of carbonyl (C=O) groups is 1. The molecule has 0 radical (unpaired) electrons. The van der Waals surface area contributed by atoms with Gasteiger partial charge in [-0.05, 0) is 57.8 Å². The summed E-state index contributed by atoms with van der Waals surface area (Å²) >= 11 is 0. The Morgan fingerprint density at radius 1 is 0.674 bits per heavy atom. The van der Waals surface area contributed by atoms with Gasteiger partial charge in [-0.15, -0.1) is 0 Å². The minimum absolute atomic E-state index is 0.0935. The van der Waals surface area contributed by atoms with Gasteiger partial charge in [0.05, 0.1) is 19.8 Å². The fourth-order valence-electron chi connectivity index (χ4n) is 4.37. The highest BCUT2D eigenvalue weighted by Gasteiger charge is 2.25. The molecule has 2 unspecified atom stereocenters. The lowest BCUT2D eigenvalue weighted by atomic mass is 10.1. The average Bonchev–Trinajstić information content (AvgIpc) is 3.04. The molecule has 0 amide bonds. The molecular formula is C37H66NO7P. The van der Waals surface area contributed by atoms with Crippen LogP contribution in [0.1, 0.15) is 129 Å². The van der Waals surface area contributed by atoms with Gasteiger partial charge in [-0.2, -0.15) is 0 Å². The molecule has 0 aromatic heterocycles. The molecule has 0 bridgehead atoms. The van der Waals surface area contributed by atoms with E-state index in [0.29, 0.717) is 13.0 Å². The molecule has 0 aliphatic rings. The monoisotopic (exact) mass is 667 g/mol. The van der Waals surface area contributed by atoms with Crippen LogP contribution in [0, 0.1) is 0 Å². The summed E-state index contributed by atoms with van der Waals surface area (Å²) in [4.78, 5) is 22.2. The van der Waals surface area contributed by atoms with Crippen molar-refractivity contribution in [1.29, 1.82) is 0 Å². The second-order valence-electron chi connectivity index (χ2n) is 11.4. The van der Waals surface area contributed by atoms with E-state index in [0.717, 1.165) is 83.5 Å². The molecule has 9 heteroatoms. The van der Waals surface area contributed by atoms with Gasteiger partial charge in [-0.3, -0.25) is 13.8 Å². The maximum Gasteiger partial charge on any atom is 0.472 e. The van der Waals surface area contributed by atoms with Crippen LogP contribution in [0.4, 0.5) is 0 Å². The Morgan fingerprint density at radius 3 is 1.83 bits per heavy atom. The SMILES string of the molecule is CC/C=C\C/C=C\C/C=C\C/C=C\C/C=C\CCCCCCOCC(COP(=O)(O)OCCN)OC(=O)CCCCCCCCC. The van der Waals surface area contributed by atoms with Gasteiger partial charge in [0.15, 0.2) is 0 Å². The van der Waals surface area contributed by atoms with Crippen LogP contribution >= 0.6 is 7.82 Å². The molecule has 0 heterocycles. The van der Waals surface area contributed by atoms with Gasteiger partial charge >= 0.3 is 13.8 Å². The Kier molecular flexibility index (Phi) is 33.2. The molecular weight excluding hydrogens is 601 g/mol. The number of carbonyl (C=O) groups excluding carboxylic acids is 1. The number of phosphoric acid groups is 1. The number of allylic oxidation sites excluding steroid dienone is 10. The highest BCUT2D eigenvalue weighted by Crippen LogP contribution is 2.43. The fraction of sp³-hybridized carbons (Fsp3) is 0.703. The van der Waals surface area contributed by atoms with Gasteiger partial charge in [0.25, 0.3) is 0 Å². The summed E-state index contributed by atoms with van der Waals surface area (Å²) in [6.07, 6.45) is 39.7. The highest BCUT2D eigenvalue weighted by atomic mass is 31.2. The molecule has 46 heavy (non-hydrogen) atoms. The van der Waals surface area contributed by atoms with Crippen molar-refractivity contribution < 1.29 is 32.8 Å². The number of rotatable bonds is 33. The first-order valence-electron chi connectivity index (χ1n) is 17.8. The van der Waals surface area contributed by atoms with E-state index in [4.69, 9.17) is 24.3 Å². The standard InChI is InChI=1S/C37H66NO7P/c1-3-5-7-9-11-12-13-14-15-16-17-18-19-20-21-22-23-25-27-29-32-42-34-36(35-44-46(40,41)43-33-31-38)45-37(39)30-28-26-24-10-8-6-4-2/h5,7,11-12,14-15,17-18,20-21,36H,3-4,6,8-10,13,16,19,22-35,38H2,1-2H3,(H,40,41)/b7-5-,12-11-,15-14-,18-17-,21-20-. The van der Waals surface area contributed by atoms with Gasteiger partial charge < -0.3 is 20.1 Å². The van der Waals surface area contributed by atoms with Crippen LogP contribution < -0.4 is 5.73 Å². The molecule has 0 fully saturated rings. The average molecular weight is 668 g/mol. The Labute approximate surface area is 281 Å². The summed E-state index contributed by atoms with van der Waals surface area (Å²) in [6, 6.07) is 0. The molecule has 0 aliphatic heterocycles.